The minimum absolute atomic E-state index is 0.0144. The van der Waals surface area contributed by atoms with Gasteiger partial charge in [-0.25, -0.2) is 8.78 Å². The van der Waals surface area contributed by atoms with E-state index < -0.39 is 27.3 Å². The number of anilines is 1. The van der Waals surface area contributed by atoms with Crippen LogP contribution in [0.4, 0.5) is 14.5 Å². The van der Waals surface area contributed by atoms with Gasteiger partial charge >= 0.3 is 0 Å². The lowest BCUT2D eigenvalue weighted by molar-refractivity contribution is 0.536. The normalized spacial score (nSPS) is 12.3. The first-order chi connectivity index (χ1) is 9.58. The molecule has 2 nitrogen and oxygen atoms in total. The van der Waals surface area contributed by atoms with Gasteiger partial charge < -0.3 is 5.73 Å². The smallest absolute Gasteiger partial charge is 0.144 e. The third-order valence-corrected chi connectivity index (χ3v) is 5.22. The van der Waals surface area contributed by atoms with Crippen LogP contribution in [0.2, 0.25) is 0 Å². The van der Waals surface area contributed by atoms with E-state index in [0.717, 1.165) is 17.0 Å². The molecule has 0 saturated carbocycles. The second-order valence-corrected chi connectivity index (χ2v) is 6.70. The molecular weight excluding hydrogens is 300 g/mol. The van der Waals surface area contributed by atoms with Gasteiger partial charge in [0.1, 0.15) is 16.5 Å². The highest BCUT2D eigenvalue weighted by Crippen LogP contribution is 2.22. The van der Waals surface area contributed by atoms with Crippen LogP contribution in [0.15, 0.2) is 52.3 Å². The molecule has 1 unspecified atom stereocenters. The van der Waals surface area contributed by atoms with Crippen molar-refractivity contribution in [2.45, 2.75) is 9.79 Å². The zero-order valence-electron chi connectivity index (χ0n) is 10.5. The predicted molar refractivity (Wildman–Crippen MR) is 79.2 cm³/mol. The Morgan fingerprint density at radius 3 is 2.30 bits per heavy atom. The van der Waals surface area contributed by atoms with Crippen molar-refractivity contribution in [2.24, 2.45) is 0 Å². The summed E-state index contributed by atoms with van der Waals surface area (Å²) in [5.74, 6) is -1.02. The summed E-state index contributed by atoms with van der Waals surface area (Å²) < 4.78 is 39.1. The zero-order valence-corrected chi connectivity index (χ0v) is 12.1. The largest absolute Gasteiger partial charge is 0.399 e. The van der Waals surface area contributed by atoms with E-state index in [-0.39, 0.29) is 11.4 Å². The molecule has 0 aliphatic rings. The Kier molecular flexibility index (Phi) is 5.14. The number of halogens is 2. The monoisotopic (exact) mass is 313 g/mol. The molecule has 0 aliphatic heterocycles. The van der Waals surface area contributed by atoms with Crippen molar-refractivity contribution in [1.29, 1.82) is 0 Å². The zero-order chi connectivity index (χ0) is 14.5. The Bertz CT molecular complexity index is 597. The number of hydrogen-bond acceptors (Lipinski definition) is 3. The van der Waals surface area contributed by atoms with Gasteiger partial charge in [0.2, 0.25) is 0 Å². The fourth-order valence-electron chi connectivity index (χ4n) is 1.65. The molecule has 20 heavy (non-hydrogen) atoms. The van der Waals surface area contributed by atoms with E-state index in [9.17, 15) is 13.0 Å². The quantitative estimate of drug-likeness (QED) is 0.679. The molecule has 0 saturated heterocycles. The van der Waals surface area contributed by atoms with E-state index in [1.165, 1.54) is 11.8 Å². The molecule has 106 valence electrons. The number of rotatable bonds is 5. The molecule has 0 heterocycles. The molecule has 0 spiro atoms. The maximum Gasteiger partial charge on any atom is 0.144 e. The Morgan fingerprint density at radius 1 is 1.10 bits per heavy atom. The molecule has 0 aromatic heterocycles. The SMILES string of the molecule is Nc1cc(F)c(S(=O)CCSc2ccccc2)c(F)c1. The van der Waals surface area contributed by atoms with Crippen LogP contribution in [0.5, 0.6) is 0 Å². The molecule has 6 heteroatoms. The molecule has 2 aromatic rings. The van der Waals surface area contributed by atoms with Gasteiger partial charge in [-0.1, -0.05) is 18.2 Å². The summed E-state index contributed by atoms with van der Waals surface area (Å²) in [6.45, 7) is 0. The van der Waals surface area contributed by atoms with Gasteiger partial charge in [-0.2, -0.15) is 0 Å². The highest BCUT2D eigenvalue weighted by molar-refractivity contribution is 8.00. The fourth-order valence-corrected chi connectivity index (χ4v) is 3.93. The summed E-state index contributed by atoms with van der Waals surface area (Å²) >= 11 is 1.50. The van der Waals surface area contributed by atoms with E-state index >= 15 is 0 Å². The molecule has 0 aliphatic carbocycles. The van der Waals surface area contributed by atoms with Crippen LogP contribution < -0.4 is 5.73 Å². The van der Waals surface area contributed by atoms with Crippen LogP contribution in [0, 0.1) is 11.6 Å². The molecule has 0 fully saturated rings. The van der Waals surface area contributed by atoms with Crippen molar-refractivity contribution in [1.82, 2.24) is 0 Å². The number of hydrogen-bond donors (Lipinski definition) is 1. The standard InChI is InChI=1S/C14H13F2NOS2/c15-12-8-10(17)9-13(16)14(12)20(18)7-6-19-11-4-2-1-3-5-11/h1-5,8-9H,6-7,17H2. The number of thioether (sulfide) groups is 1. The molecule has 1 atom stereocenters. The highest BCUT2D eigenvalue weighted by Gasteiger charge is 2.16. The van der Waals surface area contributed by atoms with Crippen molar-refractivity contribution in [3.05, 3.63) is 54.1 Å². The van der Waals surface area contributed by atoms with Crippen LogP contribution in [-0.4, -0.2) is 15.7 Å². The molecule has 0 radical (unpaired) electrons. The van der Waals surface area contributed by atoms with Crippen LogP contribution in [0.3, 0.4) is 0 Å². The van der Waals surface area contributed by atoms with Crippen molar-refractivity contribution >= 4 is 28.2 Å². The van der Waals surface area contributed by atoms with Gasteiger partial charge in [-0.15, -0.1) is 11.8 Å². The molecule has 0 amide bonds. The van der Waals surface area contributed by atoms with Gasteiger partial charge in [0, 0.05) is 22.1 Å². The highest BCUT2D eigenvalue weighted by atomic mass is 32.2. The van der Waals surface area contributed by atoms with Gasteiger partial charge in [-0.05, 0) is 24.3 Å². The topological polar surface area (TPSA) is 43.1 Å². The first-order valence-corrected chi connectivity index (χ1v) is 8.19. The van der Waals surface area contributed by atoms with Crippen LogP contribution in [0.25, 0.3) is 0 Å². The van der Waals surface area contributed by atoms with Crippen LogP contribution in [-0.2, 0) is 10.8 Å². The van der Waals surface area contributed by atoms with Crippen molar-refractivity contribution in [2.75, 3.05) is 17.2 Å². The van der Waals surface area contributed by atoms with Crippen molar-refractivity contribution in [3.8, 4) is 0 Å². The molecule has 2 N–H and O–H groups in total. The van der Waals surface area contributed by atoms with E-state index in [4.69, 9.17) is 5.73 Å². The average molecular weight is 313 g/mol. The minimum atomic E-state index is -1.71. The summed E-state index contributed by atoms with van der Waals surface area (Å²) in [7, 11) is -1.71. The maximum absolute atomic E-state index is 13.6. The molecule has 2 rings (SSSR count). The van der Waals surface area contributed by atoms with Gasteiger partial charge in [0.05, 0.1) is 10.8 Å². The van der Waals surface area contributed by atoms with Crippen molar-refractivity contribution < 1.29 is 13.0 Å². The van der Waals surface area contributed by atoms with Crippen LogP contribution in [0.1, 0.15) is 0 Å². The minimum Gasteiger partial charge on any atom is -0.399 e. The lowest BCUT2D eigenvalue weighted by atomic mass is 10.3. The number of benzene rings is 2. The van der Waals surface area contributed by atoms with Gasteiger partial charge in [0.15, 0.2) is 0 Å². The van der Waals surface area contributed by atoms with Gasteiger partial charge in [-0.3, -0.25) is 4.21 Å². The maximum atomic E-state index is 13.6. The summed E-state index contributed by atoms with van der Waals surface area (Å²) in [6, 6.07) is 11.5. The summed E-state index contributed by atoms with van der Waals surface area (Å²) in [6.07, 6.45) is 0. The van der Waals surface area contributed by atoms with E-state index in [0.29, 0.717) is 5.75 Å². The first-order valence-electron chi connectivity index (χ1n) is 5.88. The Labute approximate surface area is 122 Å². The molecule has 2 aromatic carbocycles. The van der Waals surface area contributed by atoms with E-state index in [1.54, 1.807) is 0 Å². The Hall–Kier alpha value is -1.40. The average Bonchev–Trinajstić information content (AvgIpc) is 2.38. The number of nitrogen functional groups attached to an aromatic ring is 1. The second kappa shape index (κ2) is 6.85. The van der Waals surface area contributed by atoms with Gasteiger partial charge in [0.25, 0.3) is 0 Å². The second-order valence-electron chi connectivity index (χ2n) is 4.02. The summed E-state index contributed by atoms with van der Waals surface area (Å²) in [5, 5.41) is 0. The van der Waals surface area contributed by atoms with E-state index in [2.05, 4.69) is 0 Å². The lowest BCUT2D eigenvalue weighted by Gasteiger charge is -2.06. The third kappa shape index (κ3) is 3.80. The van der Waals surface area contributed by atoms with E-state index in [1.807, 2.05) is 30.3 Å². The number of nitrogens with two attached hydrogens (primary N) is 1. The summed E-state index contributed by atoms with van der Waals surface area (Å²) in [5.41, 5.74) is 5.31. The third-order valence-electron chi connectivity index (χ3n) is 2.53. The predicted octanol–water partition coefficient (Wildman–Crippen LogP) is 3.45. The summed E-state index contributed by atoms with van der Waals surface area (Å²) in [4.78, 5) is 0.635. The lowest BCUT2D eigenvalue weighted by Crippen LogP contribution is -2.06. The molecular formula is C14H13F2NOS2. The fraction of sp³-hybridized carbons (Fsp3) is 0.143. The Balaban J connectivity index is 1.99. The van der Waals surface area contributed by atoms with Crippen molar-refractivity contribution in [3.63, 3.8) is 0 Å². The first kappa shape index (κ1) is 15.0. The van der Waals surface area contributed by atoms with Crippen LogP contribution >= 0.6 is 11.8 Å². The Morgan fingerprint density at radius 2 is 1.70 bits per heavy atom. The molecule has 0 bridgehead atoms.